The zero-order chi connectivity index (χ0) is 16.5. The zero-order valence-corrected chi connectivity index (χ0v) is 14.1. The van der Waals surface area contributed by atoms with Crippen LogP contribution in [0.1, 0.15) is 24.0 Å². The molecule has 3 amide bonds. The van der Waals surface area contributed by atoms with Crippen molar-refractivity contribution in [1.29, 1.82) is 0 Å². The SMILES string of the molecule is O=C(Nc1ccc2c(c1)CN(C(=O)C1CC1)CC2)Nc1cccs1. The largest absolute Gasteiger partial charge is 0.338 e. The van der Waals surface area contributed by atoms with Gasteiger partial charge in [0.15, 0.2) is 0 Å². The van der Waals surface area contributed by atoms with Crippen LogP contribution < -0.4 is 10.6 Å². The lowest BCUT2D eigenvalue weighted by atomic mass is 9.98. The Morgan fingerprint density at radius 2 is 2.00 bits per heavy atom. The van der Waals surface area contributed by atoms with Crippen LogP contribution in [-0.2, 0) is 17.8 Å². The molecule has 2 aromatic rings. The van der Waals surface area contributed by atoms with Gasteiger partial charge < -0.3 is 10.2 Å². The lowest BCUT2D eigenvalue weighted by Gasteiger charge is -2.29. The number of carbonyl (C=O) groups is 2. The van der Waals surface area contributed by atoms with Gasteiger partial charge in [-0.2, -0.15) is 0 Å². The van der Waals surface area contributed by atoms with Gasteiger partial charge in [-0.25, -0.2) is 4.79 Å². The van der Waals surface area contributed by atoms with Gasteiger partial charge in [0.05, 0.1) is 5.00 Å². The third-order valence-electron chi connectivity index (χ3n) is 4.47. The normalized spacial score (nSPS) is 16.4. The molecular weight excluding hydrogens is 322 g/mol. The summed E-state index contributed by atoms with van der Waals surface area (Å²) in [6.07, 6.45) is 2.95. The van der Waals surface area contributed by atoms with E-state index in [4.69, 9.17) is 0 Å². The summed E-state index contributed by atoms with van der Waals surface area (Å²) in [7, 11) is 0. The number of anilines is 2. The maximum atomic E-state index is 12.3. The van der Waals surface area contributed by atoms with E-state index in [2.05, 4.69) is 16.7 Å². The van der Waals surface area contributed by atoms with Crippen LogP contribution in [0.15, 0.2) is 35.7 Å². The van der Waals surface area contributed by atoms with E-state index in [1.165, 1.54) is 16.9 Å². The first kappa shape index (κ1) is 15.2. The lowest BCUT2D eigenvalue weighted by Crippen LogP contribution is -2.36. The Kier molecular flexibility index (Phi) is 3.98. The van der Waals surface area contributed by atoms with Crippen LogP contribution in [-0.4, -0.2) is 23.4 Å². The van der Waals surface area contributed by atoms with Gasteiger partial charge in [-0.3, -0.25) is 10.1 Å². The minimum atomic E-state index is -0.251. The van der Waals surface area contributed by atoms with Gasteiger partial charge in [-0.05, 0) is 60.0 Å². The van der Waals surface area contributed by atoms with Crippen LogP contribution in [0, 0.1) is 5.92 Å². The first-order valence-corrected chi connectivity index (χ1v) is 9.09. The molecule has 5 nitrogen and oxygen atoms in total. The number of hydrogen-bond acceptors (Lipinski definition) is 3. The topological polar surface area (TPSA) is 61.4 Å². The number of thiophene rings is 1. The van der Waals surface area contributed by atoms with Crippen molar-refractivity contribution in [3.63, 3.8) is 0 Å². The van der Waals surface area contributed by atoms with E-state index in [1.54, 1.807) is 0 Å². The molecule has 24 heavy (non-hydrogen) atoms. The number of nitrogens with zero attached hydrogens (tertiary/aromatic N) is 1. The van der Waals surface area contributed by atoms with Crippen molar-refractivity contribution in [3.8, 4) is 0 Å². The van der Waals surface area contributed by atoms with Crippen molar-refractivity contribution >= 4 is 34.0 Å². The molecule has 2 N–H and O–H groups in total. The molecule has 0 saturated heterocycles. The van der Waals surface area contributed by atoms with Gasteiger partial charge in [0.2, 0.25) is 5.91 Å². The van der Waals surface area contributed by atoms with Crippen molar-refractivity contribution in [1.82, 2.24) is 4.90 Å². The average molecular weight is 341 g/mol. The van der Waals surface area contributed by atoms with Crippen molar-refractivity contribution in [2.24, 2.45) is 5.92 Å². The minimum Gasteiger partial charge on any atom is -0.338 e. The van der Waals surface area contributed by atoms with Gasteiger partial charge in [0, 0.05) is 24.7 Å². The highest BCUT2D eigenvalue weighted by Gasteiger charge is 2.34. The van der Waals surface area contributed by atoms with Gasteiger partial charge in [-0.1, -0.05) is 6.07 Å². The second-order valence-corrected chi connectivity index (χ2v) is 7.27. The molecule has 1 fully saturated rings. The van der Waals surface area contributed by atoms with E-state index in [1.807, 2.05) is 34.5 Å². The summed E-state index contributed by atoms with van der Waals surface area (Å²) in [6.45, 7) is 1.45. The number of nitrogens with one attached hydrogen (secondary N) is 2. The highest BCUT2D eigenvalue weighted by molar-refractivity contribution is 7.14. The Hall–Kier alpha value is -2.34. The average Bonchev–Trinajstić information content (AvgIpc) is 3.31. The van der Waals surface area contributed by atoms with Gasteiger partial charge in [0.25, 0.3) is 0 Å². The van der Waals surface area contributed by atoms with E-state index in [9.17, 15) is 9.59 Å². The summed E-state index contributed by atoms with van der Waals surface area (Å²) in [5.41, 5.74) is 3.15. The molecule has 1 aromatic heterocycles. The van der Waals surface area contributed by atoms with Gasteiger partial charge >= 0.3 is 6.03 Å². The van der Waals surface area contributed by atoms with Crippen LogP contribution in [0.4, 0.5) is 15.5 Å². The third kappa shape index (κ3) is 3.28. The van der Waals surface area contributed by atoms with Gasteiger partial charge in [-0.15, -0.1) is 11.3 Å². The maximum absolute atomic E-state index is 12.3. The number of urea groups is 1. The highest BCUT2D eigenvalue weighted by Crippen LogP contribution is 2.33. The fraction of sp³-hybridized carbons (Fsp3) is 0.333. The Morgan fingerprint density at radius 3 is 2.75 bits per heavy atom. The Morgan fingerprint density at radius 1 is 1.12 bits per heavy atom. The number of hydrogen-bond donors (Lipinski definition) is 2. The molecule has 1 aliphatic carbocycles. The summed E-state index contributed by atoms with van der Waals surface area (Å²) >= 11 is 1.48. The molecule has 1 aromatic carbocycles. The van der Waals surface area contributed by atoms with E-state index in [-0.39, 0.29) is 17.9 Å². The number of rotatable bonds is 3. The monoisotopic (exact) mass is 341 g/mol. The lowest BCUT2D eigenvalue weighted by molar-refractivity contribution is -0.133. The fourth-order valence-electron chi connectivity index (χ4n) is 3.04. The fourth-order valence-corrected chi connectivity index (χ4v) is 3.65. The molecule has 0 radical (unpaired) electrons. The molecule has 2 heterocycles. The summed E-state index contributed by atoms with van der Waals surface area (Å²) in [4.78, 5) is 26.2. The van der Waals surface area contributed by atoms with Crippen LogP contribution >= 0.6 is 11.3 Å². The molecule has 1 aliphatic heterocycles. The standard InChI is InChI=1S/C18H19N3O2S/c22-17(13-3-4-13)21-8-7-12-5-6-15(10-14(12)11-21)19-18(23)20-16-2-1-9-24-16/h1-2,5-6,9-10,13H,3-4,7-8,11H2,(H2,19,20,23). The second kappa shape index (κ2) is 6.28. The van der Waals surface area contributed by atoms with Crippen molar-refractivity contribution in [2.75, 3.05) is 17.2 Å². The van der Waals surface area contributed by atoms with E-state index in [0.717, 1.165) is 42.1 Å². The number of carbonyl (C=O) groups excluding carboxylic acids is 2. The third-order valence-corrected chi connectivity index (χ3v) is 5.26. The molecule has 1 saturated carbocycles. The quantitative estimate of drug-likeness (QED) is 0.894. The molecule has 0 spiro atoms. The van der Waals surface area contributed by atoms with E-state index in [0.29, 0.717) is 6.54 Å². The van der Waals surface area contributed by atoms with Crippen LogP contribution in [0.3, 0.4) is 0 Å². The molecule has 4 rings (SSSR count). The van der Waals surface area contributed by atoms with Gasteiger partial charge in [0.1, 0.15) is 0 Å². The summed E-state index contributed by atoms with van der Waals surface area (Å²) < 4.78 is 0. The number of benzene rings is 1. The zero-order valence-electron chi connectivity index (χ0n) is 13.2. The summed E-state index contributed by atoms with van der Waals surface area (Å²) in [5, 5.41) is 8.40. The van der Waals surface area contributed by atoms with E-state index < -0.39 is 0 Å². The molecule has 0 atom stereocenters. The molecular formula is C18H19N3O2S. The molecule has 6 heteroatoms. The number of amides is 3. The Balaban J connectivity index is 1.43. The Bertz CT molecular complexity index is 769. The molecule has 2 aliphatic rings. The highest BCUT2D eigenvalue weighted by atomic mass is 32.1. The maximum Gasteiger partial charge on any atom is 0.324 e. The first-order chi connectivity index (χ1) is 11.7. The van der Waals surface area contributed by atoms with Crippen molar-refractivity contribution < 1.29 is 9.59 Å². The smallest absolute Gasteiger partial charge is 0.324 e. The Labute approximate surface area is 144 Å². The van der Waals surface area contributed by atoms with Crippen molar-refractivity contribution in [3.05, 3.63) is 46.8 Å². The van der Waals surface area contributed by atoms with E-state index >= 15 is 0 Å². The number of fused-ring (bicyclic) bond motifs is 1. The van der Waals surface area contributed by atoms with Crippen LogP contribution in [0.2, 0.25) is 0 Å². The molecule has 124 valence electrons. The molecule has 0 unspecified atom stereocenters. The summed E-state index contributed by atoms with van der Waals surface area (Å²) in [6, 6.07) is 9.46. The van der Waals surface area contributed by atoms with Crippen molar-refractivity contribution in [2.45, 2.75) is 25.8 Å². The molecule has 0 bridgehead atoms. The second-order valence-electron chi connectivity index (χ2n) is 6.32. The summed E-state index contributed by atoms with van der Waals surface area (Å²) in [5.74, 6) is 0.541. The minimum absolute atomic E-state index is 0.251. The predicted molar refractivity (Wildman–Crippen MR) is 95.2 cm³/mol. The van der Waals surface area contributed by atoms with Crippen LogP contribution in [0.5, 0.6) is 0 Å². The van der Waals surface area contributed by atoms with Crippen LogP contribution in [0.25, 0.3) is 0 Å². The predicted octanol–water partition coefficient (Wildman–Crippen LogP) is 3.69. The first-order valence-electron chi connectivity index (χ1n) is 8.21.